The van der Waals surface area contributed by atoms with Crippen molar-refractivity contribution in [2.24, 2.45) is 0 Å². The number of ether oxygens (including phenoxy) is 2. The third-order valence-electron chi connectivity index (χ3n) is 4.46. The molecule has 1 amide bonds. The molecule has 26 heavy (non-hydrogen) atoms. The minimum Gasteiger partial charge on any atom is -0.454 e. The van der Waals surface area contributed by atoms with E-state index in [9.17, 15) is 4.79 Å². The highest BCUT2D eigenvalue weighted by atomic mass is 16.7. The van der Waals surface area contributed by atoms with E-state index in [1.54, 1.807) is 0 Å². The predicted molar refractivity (Wildman–Crippen MR) is 101 cm³/mol. The largest absolute Gasteiger partial charge is 0.454 e. The Kier molecular flexibility index (Phi) is 4.46. The Labute approximate surface area is 151 Å². The molecule has 0 fully saturated rings. The summed E-state index contributed by atoms with van der Waals surface area (Å²) in [6.07, 6.45) is 0. The van der Waals surface area contributed by atoms with E-state index in [2.05, 4.69) is 16.7 Å². The number of rotatable bonds is 5. The Morgan fingerprint density at radius 2 is 1.81 bits per heavy atom. The monoisotopic (exact) mass is 348 g/mol. The van der Waals surface area contributed by atoms with Gasteiger partial charge in [0, 0.05) is 12.2 Å². The van der Waals surface area contributed by atoms with Crippen molar-refractivity contribution in [1.29, 1.82) is 0 Å². The Bertz CT molecular complexity index is 955. The number of nitrogens with one attached hydrogen (secondary N) is 2. The van der Waals surface area contributed by atoms with Crippen LogP contribution in [0.25, 0.3) is 10.8 Å². The molecular weight excluding hydrogens is 328 g/mol. The van der Waals surface area contributed by atoms with E-state index >= 15 is 0 Å². The molecule has 1 heterocycles. The van der Waals surface area contributed by atoms with Gasteiger partial charge in [-0.2, -0.15) is 0 Å². The first-order valence-corrected chi connectivity index (χ1v) is 8.60. The van der Waals surface area contributed by atoms with Crippen LogP contribution in [0.3, 0.4) is 0 Å². The smallest absolute Gasteiger partial charge is 0.241 e. The average molecular weight is 348 g/mol. The molecule has 5 nitrogen and oxygen atoms in total. The highest BCUT2D eigenvalue weighted by Gasteiger charge is 2.15. The summed E-state index contributed by atoms with van der Waals surface area (Å²) in [5, 5.41) is 8.46. The van der Waals surface area contributed by atoms with Gasteiger partial charge in [-0.15, -0.1) is 0 Å². The van der Waals surface area contributed by atoms with Gasteiger partial charge >= 0.3 is 0 Å². The van der Waals surface area contributed by atoms with E-state index in [4.69, 9.17) is 9.47 Å². The maximum atomic E-state index is 12.4. The lowest BCUT2D eigenvalue weighted by Gasteiger charge is -2.15. The van der Waals surface area contributed by atoms with Gasteiger partial charge in [-0.1, -0.05) is 36.4 Å². The van der Waals surface area contributed by atoms with E-state index in [-0.39, 0.29) is 18.7 Å². The molecule has 0 aliphatic carbocycles. The topological polar surface area (TPSA) is 59.6 Å². The van der Waals surface area contributed by atoms with Crippen LogP contribution < -0.4 is 20.1 Å². The Morgan fingerprint density at radius 3 is 2.69 bits per heavy atom. The zero-order valence-electron chi connectivity index (χ0n) is 14.5. The number of anilines is 1. The first-order chi connectivity index (χ1) is 12.7. The summed E-state index contributed by atoms with van der Waals surface area (Å²) < 4.78 is 10.7. The lowest BCUT2D eigenvalue weighted by molar-refractivity contribution is -0.117. The maximum Gasteiger partial charge on any atom is 0.241 e. The lowest BCUT2D eigenvalue weighted by Crippen LogP contribution is -2.37. The summed E-state index contributed by atoms with van der Waals surface area (Å²) in [4.78, 5) is 12.4. The van der Waals surface area contributed by atoms with Crippen molar-refractivity contribution in [3.05, 3.63) is 66.2 Å². The van der Waals surface area contributed by atoms with Crippen molar-refractivity contribution in [2.45, 2.75) is 19.5 Å². The van der Waals surface area contributed by atoms with Crippen LogP contribution in [0.4, 0.5) is 5.69 Å². The van der Waals surface area contributed by atoms with E-state index in [1.807, 2.05) is 61.5 Å². The van der Waals surface area contributed by atoms with Crippen LogP contribution in [0.1, 0.15) is 12.5 Å². The molecule has 2 N–H and O–H groups in total. The molecular formula is C21H20N2O3. The quantitative estimate of drug-likeness (QED) is 0.738. The number of hydrogen-bond donors (Lipinski definition) is 2. The molecule has 0 saturated carbocycles. The van der Waals surface area contributed by atoms with E-state index in [1.165, 1.54) is 0 Å². The summed E-state index contributed by atoms with van der Waals surface area (Å²) in [5.41, 5.74) is 1.84. The molecule has 1 atom stereocenters. The fourth-order valence-corrected chi connectivity index (χ4v) is 2.93. The second-order valence-corrected chi connectivity index (χ2v) is 6.34. The SMILES string of the molecule is C[C@H](NCc1ccc2c(c1)OCO2)C(=O)Nc1ccc2ccccc2c1. The molecule has 4 rings (SSSR count). The normalized spacial score (nSPS) is 13.6. The van der Waals surface area contributed by atoms with Gasteiger partial charge in [-0.3, -0.25) is 4.79 Å². The molecule has 0 unspecified atom stereocenters. The van der Waals surface area contributed by atoms with Crippen LogP contribution >= 0.6 is 0 Å². The van der Waals surface area contributed by atoms with Crippen molar-refractivity contribution in [1.82, 2.24) is 5.32 Å². The second kappa shape index (κ2) is 7.06. The van der Waals surface area contributed by atoms with E-state index < -0.39 is 0 Å². The van der Waals surface area contributed by atoms with Crippen LogP contribution in [0, 0.1) is 0 Å². The lowest BCUT2D eigenvalue weighted by atomic mass is 10.1. The standard InChI is InChI=1S/C21H20N2O3/c1-14(22-12-15-6-9-19-20(10-15)26-13-25-19)21(24)23-18-8-7-16-4-2-3-5-17(16)11-18/h2-11,14,22H,12-13H2,1H3,(H,23,24)/t14-/m0/s1. The summed E-state index contributed by atoms with van der Waals surface area (Å²) in [6.45, 7) is 2.68. The predicted octanol–water partition coefficient (Wildman–Crippen LogP) is 3.69. The van der Waals surface area contributed by atoms with Crippen LogP contribution in [-0.4, -0.2) is 18.7 Å². The second-order valence-electron chi connectivity index (χ2n) is 6.34. The number of hydrogen-bond acceptors (Lipinski definition) is 4. The summed E-state index contributed by atoms with van der Waals surface area (Å²) in [7, 11) is 0. The molecule has 0 bridgehead atoms. The Balaban J connectivity index is 1.36. The van der Waals surface area contributed by atoms with Crippen LogP contribution in [-0.2, 0) is 11.3 Å². The molecule has 1 aliphatic heterocycles. The molecule has 0 radical (unpaired) electrons. The van der Waals surface area contributed by atoms with Crippen LogP contribution in [0.5, 0.6) is 11.5 Å². The number of benzene rings is 3. The molecule has 132 valence electrons. The van der Waals surface area contributed by atoms with Gasteiger partial charge in [0.2, 0.25) is 12.7 Å². The minimum absolute atomic E-state index is 0.0685. The van der Waals surface area contributed by atoms with Gasteiger partial charge in [0.15, 0.2) is 11.5 Å². The van der Waals surface area contributed by atoms with Crippen molar-refractivity contribution < 1.29 is 14.3 Å². The zero-order valence-corrected chi connectivity index (χ0v) is 14.5. The maximum absolute atomic E-state index is 12.4. The molecule has 0 spiro atoms. The third kappa shape index (κ3) is 3.48. The molecule has 5 heteroatoms. The molecule has 3 aromatic rings. The summed E-state index contributed by atoms with van der Waals surface area (Å²) in [5.74, 6) is 1.44. The third-order valence-corrected chi connectivity index (χ3v) is 4.46. The highest BCUT2D eigenvalue weighted by Crippen LogP contribution is 2.32. The van der Waals surface area contributed by atoms with Crippen LogP contribution in [0.15, 0.2) is 60.7 Å². The van der Waals surface area contributed by atoms with Gasteiger partial charge in [0.05, 0.1) is 6.04 Å². The molecule has 0 saturated heterocycles. The fraction of sp³-hybridized carbons (Fsp3) is 0.190. The average Bonchev–Trinajstić information content (AvgIpc) is 3.13. The zero-order chi connectivity index (χ0) is 17.9. The fourth-order valence-electron chi connectivity index (χ4n) is 2.93. The molecule has 1 aliphatic rings. The van der Waals surface area contributed by atoms with Gasteiger partial charge < -0.3 is 20.1 Å². The van der Waals surface area contributed by atoms with Gasteiger partial charge in [0.25, 0.3) is 0 Å². The molecule has 0 aromatic heterocycles. The first-order valence-electron chi connectivity index (χ1n) is 8.60. The van der Waals surface area contributed by atoms with Crippen molar-refractivity contribution in [3.8, 4) is 11.5 Å². The number of carbonyl (C=O) groups excluding carboxylic acids is 1. The van der Waals surface area contributed by atoms with Crippen molar-refractivity contribution in [3.63, 3.8) is 0 Å². The minimum atomic E-state index is -0.327. The van der Waals surface area contributed by atoms with Gasteiger partial charge in [-0.05, 0) is 47.5 Å². The van der Waals surface area contributed by atoms with Gasteiger partial charge in [0.1, 0.15) is 0 Å². The summed E-state index contributed by atoms with van der Waals surface area (Å²) in [6, 6.07) is 19.5. The molecule has 3 aromatic carbocycles. The van der Waals surface area contributed by atoms with Crippen LogP contribution in [0.2, 0.25) is 0 Å². The highest BCUT2D eigenvalue weighted by molar-refractivity contribution is 5.97. The first kappa shape index (κ1) is 16.4. The van der Waals surface area contributed by atoms with Gasteiger partial charge in [-0.25, -0.2) is 0 Å². The number of carbonyl (C=O) groups is 1. The number of fused-ring (bicyclic) bond motifs is 2. The Hall–Kier alpha value is -3.05. The van der Waals surface area contributed by atoms with E-state index in [0.717, 1.165) is 33.5 Å². The Morgan fingerprint density at radius 1 is 1.00 bits per heavy atom. The van der Waals surface area contributed by atoms with E-state index in [0.29, 0.717) is 6.54 Å². The number of amides is 1. The van der Waals surface area contributed by atoms with Crippen molar-refractivity contribution in [2.75, 3.05) is 12.1 Å². The summed E-state index contributed by atoms with van der Waals surface area (Å²) >= 11 is 0. The van der Waals surface area contributed by atoms with Crippen molar-refractivity contribution >= 4 is 22.4 Å².